The Labute approximate surface area is 205 Å². The van der Waals surface area contributed by atoms with Crippen LogP contribution in [0.2, 0.25) is 10.0 Å². The van der Waals surface area contributed by atoms with E-state index in [2.05, 4.69) is 24.3 Å². The third-order valence-corrected chi connectivity index (χ3v) is 6.27. The van der Waals surface area contributed by atoms with E-state index in [1.165, 1.54) is 6.20 Å². The van der Waals surface area contributed by atoms with Gasteiger partial charge < -0.3 is 14.8 Å². The lowest BCUT2D eigenvalue weighted by atomic mass is 10.0. The Morgan fingerprint density at radius 1 is 1.21 bits per heavy atom. The summed E-state index contributed by atoms with van der Waals surface area (Å²) in [6.45, 7) is 4.48. The Hall–Kier alpha value is -2.55. The number of rotatable bonds is 9. The van der Waals surface area contributed by atoms with Crippen LogP contribution in [0, 0.1) is 0 Å². The Bertz CT molecular complexity index is 1160. The minimum atomic E-state index is -1.11. The van der Waals surface area contributed by atoms with Crippen molar-refractivity contribution in [1.82, 2.24) is 9.78 Å². The lowest BCUT2D eigenvalue weighted by molar-refractivity contribution is -0.116. The molecule has 0 saturated carbocycles. The maximum Gasteiger partial charge on any atom is 0.226 e. The predicted octanol–water partition coefficient (Wildman–Crippen LogP) is 5.88. The van der Waals surface area contributed by atoms with Crippen LogP contribution < -0.4 is 14.8 Å². The fourth-order valence-electron chi connectivity index (χ4n) is 3.13. The fourth-order valence-corrected chi connectivity index (χ4v) is 4.16. The topological polar surface area (TPSA) is 82.5 Å². The first-order valence-electron chi connectivity index (χ1n) is 10.2. The standard InChI is InChI=1S/C23H25Cl2N3O4S/c1-14(2)18-11-16(5-6-21(18)31-3)32-23-19(24)9-15(10-20(23)25)27-22(29)7-8-28-13-17(12-26-28)33(4)30/h5-6,9-14H,7-8H2,1-4H3,(H,27,29). The van der Waals surface area contributed by atoms with E-state index in [0.717, 1.165) is 11.3 Å². The number of benzene rings is 2. The second-order valence-electron chi connectivity index (χ2n) is 7.62. The molecule has 0 saturated heterocycles. The zero-order valence-corrected chi connectivity index (χ0v) is 21.1. The van der Waals surface area contributed by atoms with Gasteiger partial charge in [0.2, 0.25) is 5.91 Å². The van der Waals surface area contributed by atoms with Gasteiger partial charge in [-0.3, -0.25) is 13.7 Å². The van der Waals surface area contributed by atoms with Gasteiger partial charge in [-0.05, 0) is 36.2 Å². The molecule has 2 aromatic carbocycles. The molecule has 176 valence electrons. The number of hydrogen-bond donors (Lipinski definition) is 1. The van der Waals surface area contributed by atoms with Gasteiger partial charge in [-0.1, -0.05) is 37.0 Å². The summed E-state index contributed by atoms with van der Waals surface area (Å²) in [5.74, 6) is 1.66. The number of aromatic nitrogens is 2. The molecule has 1 unspecified atom stereocenters. The third-order valence-electron chi connectivity index (χ3n) is 4.83. The number of ether oxygens (including phenoxy) is 2. The number of hydrogen-bond acceptors (Lipinski definition) is 5. The Balaban J connectivity index is 1.67. The van der Waals surface area contributed by atoms with Crippen molar-refractivity contribution >= 4 is 45.6 Å². The first kappa shape index (κ1) is 25.1. The molecule has 1 atom stereocenters. The summed E-state index contributed by atoms with van der Waals surface area (Å²) in [6.07, 6.45) is 4.94. The molecule has 33 heavy (non-hydrogen) atoms. The van der Waals surface area contributed by atoms with Crippen molar-refractivity contribution in [1.29, 1.82) is 0 Å². The van der Waals surface area contributed by atoms with Crippen LogP contribution >= 0.6 is 23.2 Å². The van der Waals surface area contributed by atoms with Crippen LogP contribution in [0.3, 0.4) is 0 Å². The molecule has 0 aliphatic rings. The van der Waals surface area contributed by atoms with Crippen molar-refractivity contribution in [3.05, 3.63) is 58.3 Å². The molecule has 0 spiro atoms. The average Bonchev–Trinajstić information content (AvgIpc) is 3.24. The van der Waals surface area contributed by atoms with Crippen LogP contribution in [-0.4, -0.2) is 33.3 Å². The van der Waals surface area contributed by atoms with Crippen LogP contribution in [0.1, 0.15) is 31.7 Å². The second-order valence-corrected chi connectivity index (χ2v) is 9.81. The van der Waals surface area contributed by atoms with Gasteiger partial charge in [-0.15, -0.1) is 0 Å². The van der Waals surface area contributed by atoms with Gasteiger partial charge in [0, 0.05) is 36.7 Å². The summed E-state index contributed by atoms with van der Waals surface area (Å²) in [5.41, 5.74) is 1.45. The first-order valence-corrected chi connectivity index (χ1v) is 12.5. The van der Waals surface area contributed by atoms with Crippen molar-refractivity contribution in [2.45, 2.75) is 37.6 Å². The first-order chi connectivity index (χ1) is 15.7. The van der Waals surface area contributed by atoms with E-state index in [1.54, 1.807) is 42.4 Å². The smallest absolute Gasteiger partial charge is 0.226 e. The normalized spacial score (nSPS) is 12.0. The molecule has 3 rings (SSSR count). The van der Waals surface area contributed by atoms with Gasteiger partial charge in [0.15, 0.2) is 5.75 Å². The van der Waals surface area contributed by atoms with Crippen LogP contribution in [0.15, 0.2) is 47.6 Å². The summed E-state index contributed by atoms with van der Waals surface area (Å²) in [6, 6.07) is 8.67. The summed E-state index contributed by atoms with van der Waals surface area (Å²) >= 11 is 12.8. The van der Waals surface area contributed by atoms with E-state index in [0.29, 0.717) is 28.6 Å². The molecule has 0 radical (unpaired) electrons. The molecule has 0 fully saturated rings. The number of methoxy groups -OCH3 is 1. The highest BCUT2D eigenvalue weighted by molar-refractivity contribution is 7.84. The van der Waals surface area contributed by atoms with E-state index in [-0.39, 0.29) is 28.3 Å². The minimum Gasteiger partial charge on any atom is -0.496 e. The number of nitrogens with one attached hydrogen (secondary N) is 1. The van der Waals surface area contributed by atoms with Gasteiger partial charge in [0.1, 0.15) is 11.5 Å². The maximum absolute atomic E-state index is 12.3. The van der Waals surface area contributed by atoms with Crippen molar-refractivity contribution in [3.8, 4) is 17.2 Å². The molecule has 0 aliphatic carbocycles. The predicted molar refractivity (Wildman–Crippen MR) is 131 cm³/mol. The Kier molecular flexibility index (Phi) is 8.40. The number of halogens is 2. The lowest BCUT2D eigenvalue weighted by Gasteiger charge is -2.16. The summed E-state index contributed by atoms with van der Waals surface area (Å²) in [7, 11) is 0.514. The van der Waals surface area contributed by atoms with Crippen LogP contribution in [0.25, 0.3) is 0 Å². The highest BCUT2D eigenvalue weighted by Crippen LogP contribution is 2.40. The Morgan fingerprint density at radius 3 is 2.48 bits per heavy atom. The van der Waals surface area contributed by atoms with E-state index in [1.807, 2.05) is 12.1 Å². The van der Waals surface area contributed by atoms with E-state index in [4.69, 9.17) is 32.7 Å². The van der Waals surface area contributed by atoms with E-state index in [9.17, 15) is 9.00 Å². The van der Waals surface area contributed by atoms with Gasteiger partial charge in [-0.25, -0.2) is 0 Å². The third kappa shape index (κ3) is 6.50. The number of nitrogens with zero attached hydrogens (tertiary/aromatic N) is 2. The largest absolute Gasteiger partial charge is 0.496 e. The Morgan fingerprint density at radius 2 is 1.91 bits per heavy atom. The average molecular weight is 510 g/mol. The van der Waals surface area contributed by atoms with Gasteiger partial charge >= 0.3 is 0 Å². The molecule has 1 aromatic heterocycles. The molecule has 1 heterocycles. The number of carbonyl (C=O) groups is 1. The number of aryl methyl sites for hydroxylation is 1. The summed E-state index contributed by atoms with van der Waals surface area (Å²) in [4.78, 5) is 13.0. The van der Waals surface area contributed by atoms with Crippen molar-refractivity contribution in [2.75, 3.05) is 18.7 Å². The molecule has 1 N–H and O–H groups in total. The molecular weight excluding hydrogens is 485 g/mol. The number of anilines is 1. The summed E-state index contributed by atoms with van der Waals surface area (Å²) in [5, 5.41) is 7.40. The van der Waals surface area contributed by atoms with Gasteiger partial charge in [0.25, 0.3) is 0 Å². The van der Waals surface area contributed by atoms with Crippen LogP contribution in [-0.2, 0) is 22.1 Å². The van der Waals surface area contributed by atoms with Crippen molar-refractivity contribution in [3.63, 3.8) is 0 Å². The van der Waals surface area contributed by atoms with E-state index >= 15 is 0 Å². The molecule has 1 amide bonds. The SMILES string of the molecule is COc1ccc(Oc2c(Cl)cc(NC(=O)CCn3cc(S(C)=O)cn3)cc2Cl)cc1C(C)C. The molecule has 3 aromatic rings. The van der Waals surface area contributed by atoms with Crippen LogP contribution in [0.4, 0.5) is 5.69 Å². The van der Waals surface area contributed by atoms with Crippen molar-refractivity contribution < 1.29 is 18.5 Å². The van der Waals surface area contributed by atoms with Gasteiger partial charge in [-0.2, -0.15) is 5.10 Å². The van der Waals surface area contributed by atoms with E-state index < -0.39 is 10.8 Å². The zero-order valence-electron chi connectivity index (χ0n) is 18.7. The zero-order chi connectivity index (χ0) is 24.1. The highest BCUT2D eigenvalue weighted by atomic mass is 35.5. The van der Waals surface area contributed by atoms with Crippen LogP contribution in [0.5, 0.6) is 17.2 Å². The minimum absolute atomic E-state index is 0.175. The molecule has 0 aliphatic heterocycles. The summed E-state index contributed by atoms with van der Waals surface area (Å²) < 4.78 is 24.4. The number of carbonyl (C=O) groups excluding carboxylic acids is 1. The fraction of sp³-hybridized carbons (Fsp3) is 0.304. The molecule has 7 nitrogen and oxygen atoms in total. The van der Waals surface area contributed by atoms with Crippen molar-refractivity contribution in [2.24, 2.45) is 0 Å². The monoisotopic (exact) mass is 509 g/mol. The lowest BCUT2D eigenvalue weighted by Crippen LogP contribution is -2.14. The molecule has 0 bridgehead atoms. The highest BCUT2D eigenvalue weighted by Gasteiger charge is 2.15. The maximum atomic E-state index is 12.3. The molecule has 10 heteroatoms. The van der Waals surface area contributed by atoms with Gasteiger partial charge in [0.05, 0.1) is 39.0 Å². The molecular formula is C23H25Cl2N3O4S. The second kappa shape index (κ2) is 11.0. The number of amides is 1. The quantitative estimate of drug-likeness (QED) is 0.389.